The fourth-order valence-corrected chi connectivity index (χ4v) is 3.39. The summed E-state index contributed by atoms with van der Waals surface area (Å²) in [6, 6.07) is 12.5. The van der Waals surface area contributed by atoms with Crippen LogP contribution >= 0.6 is 0 Å². The topological polar surface area (TPSA) is 49.0 Å². The third kappa shape index (κ3) is 4.25. The van der Waals surface area contributed by atoms with E-state index in [1.165, 1.54) is 11.8 Å². The molecule has 3 aromatic rings. The van der Waals surface area contributed by atoms with Crippen LogP contribution in [-0.4, -0.2) is 6.21 Å². The fourth-order valence-electron chi connectivity index (χ4n) is 3.39. The molecule has 0 saturated heterocycles. The van der Waals surface area contributed by atoms with Crippen LogP contribution in [0.25, 0.3) is 21.9 Å². The summed E-state index contributed by atoms with van der Waals surface area (Å²) in [6.07, 6.45) is 11.0. The van der Waals surface area contributed by atoms with Gasteiger partial charge in [0, 0.05) is 34.8 Å². The molecule has 0 aliphatic rings. The molecule has 1 heterocycles. The summed E-state index contributed by atoms with van der Waals surface area (Å²) in [6.45, 7) is 9.15. The van der Waals surface area contributed by atoms with Crippen molar-refractivity contribution in [2.45, 2.75) is 33.2 Å². The minimum absolute atomic E-state index is 0.382. The van der Waals surface area contributed by atoms with Crippen LogP contribution in [0.5, 0.6) is 0 Å². The Balaban J connectivity index is 1.93. The van der Waals surface area contributed by atoms with Gasteiger partial charge in [0.05, 0.1) is 0 Å². The first-order valence-electron chi connectivity index (χ1n) is 9.77. The van der Waals surface area contributed by atoms with Crippen molar-refractivity contribution in [1.82, 2.24) is 5.32 Å². The van der Waals surface area contributed by atoms with Crippen molar-refractivity contribution in [3.8, 4) is 0 Å². The molecule has 3 nitrogen and oxygen atoms in total. The second kappa shape index (κ2) is 9.23. The maximum absolute atomic E-state index is 7.25. The lowest BCUT2D eigenvalue weighted by atomic mass is 9.99. The molecule has 0 amide bonds. The third-order valence-electron chi connectivity index (χ3n) is 5.13. The van der Waals surface area contributed by atoms with Gasteiger partial charge in [-0.3, -0.25) is 0 Å². The van der Waals surface area contributed by atoms with E-state index in [0.717, 1.165) is 46.0 Å². The van der Waals surface area contributed by atoms with Gasteiger partial charge in [0.15, 0.2) is 0 Å². The zero-order chi connectivity index (χ0) is 19.9. The van der Waals surface area contributed by atoms with Crippen molar-refractivity contribution < 1.29 is 4.42 Å². The van der Waals surface area contributed by atoms with Crippen LogP contribution in [-0.2, 0) is 13.0 Å². The number of benzene rings is 2. The van der Waals surface area contributed by atoms with Gasteiger partial charge in [-0.15, -0.1) is 0 Å². The first kappa shape index (κ1) is 19.7. The Bertz CT molecular complexity index is 1040. The molecule has 0 fully saturated rings. The molecule has 0 saturated carbocycles. The number of hydrogen-bond donors (Lipinski definition) is 2. The Labute approximate surface area is 166 Å². The maximum Gasteiger partial charge on any atom is 0.139 e. The van der Waals surface area contributed by atoms with E-state index in [1.54, 1.807) is 6.08 Å². The van der Waals surface area contributed by atoms with Crippen LogP contribution < -0.4 is 5.32 Å². The Morgan fingerprint density at radius 1 is 1.18 bits per heavy atom. The minimum atomic E-state index is 0.382. The van der Waals surface area contributed by atoms with E-state index in [4.69, 9.17) is 9.83 Å². The largest absolute Gasteiger partial charge is 0.456 e. The molecular weight excluding hydrogens is 344 g/mol. The molecule has 3 rings (SSSR count). The normalized spacial score (nSPS) is 12.9. The van der Waals surface area contributed by atoms with E-state index in [1.807, 2.05) is 31.2 Å². The molecule has 2 aromatic carbocycles. The number of nitrogens with one attached hydrogen (secondary N) is 2. The summed E-state index contributed by atoms with van der Waals surface area (Å²) in [5.41, 5.74) is 5.24. The lowest BCUT2D eigenvalue weighted by Gasteiger charge is -2.17. The average Bonchev–Trinajstić information content (AvgIpc) is 3.10. The van der Waals surface area contributed by atoms with Crippen LogP contribution in [0.15, 0.2) is 77.4 Å². The molecule has 1 aromatic heterocycles. The lowest BCUT2D eigenvalue weighted by molar-refractivity contribution is 0.611. The van der Waals surface area contributed by atoms with E-state index < -0.39 is 0 Å². The maximum atomic E-state index is 7.25. The Morgan fingerprint density at radius 3 is 2.79 bits per heavy atom. The molecule has 28 heavy (non-hydrogen) atoms. The van der Waals surface area contributed by atoms with Crippen molar-refractivity contribution in [3.63, 3.8) is 0 Å². The molecule has 2 N–H and O–H groups in total. The van der Waals surface area contributed by atoms with Crippen LogP contribution in [0.3, 0.4) is 0 Å². The monoisotopic (exact) mass is 372 g/mol. The average molecular weight is 373 g/mol. The third-order valence-corrected chi connectivity index (χ3v) is 5.13. The predicted octanol–water partition coefficient (Wildman–Crippen LogP) is 6.54. The highest BCUT2D eigenvalue weighted by Gasteiger charge is 2.14. The summed E-state index contributed by atoms with van der Waals surface area (Å²) >= 11 is 0. The highest BCUT2D eigenvalue weighted by Crippen LogP contribution is 2.33. The van der Waals surface area contributed by atoms with Crippen molar-refractivity contribution >= 4 is 28.2 Å². The van der Waals surface area contributed by atoms with Crippen LogP contribution in [0.1, 0.15) is 31.4 Å². The molecule has 0 bridgehead atoms. The van der Waals surface area contributed by atoms with Gasteiger partial charge >= 0.3 is 0 Å². The molecule has 0 spiro atoms. The Morgan fingerprint density at radius 2 is 2.00 bits per heavy atom. The van der Waals surface area contributed by atoms with Crippen molar-refractivity contribution in [3.05, 3.63) is 84.1 Å². The van der Waals surface area contributed by atoms with Crippen LogP contribution in [0.2, 0.25) is 0 Å². The second-order valence-electron chi connectivity index (χ2n) is 7.06. The summed E-state index contributed by atoms with van der Waals surface area (Å²) in [5, 5.41) is 13.0. The van der Waals surface area contributed by atoms with E-state index in [0.29, 0.717) is 12.5 Å². The van der Waals surface area contributed by atoms with Gasteiger partial charge in [0.2, 0.25) is 0 Å². The number of furan rings is 1. The number of hydrogen-bond acceptors (Lipinski definition) is 3. The molecular formula is C25H28N2O. The first-order chi connectivity index (χ1) is 13.7. The standard InChI is InChI=1S/C25H28N2O/c1-4-5-10-18(2)19(3)27-17-20-14-15-23-22-12-6-7-13-24(22)28-25(23)21(20)11-8-9-16-26/h4-9,12-16,18,26-27H,3,10-11,17H2,1-2H3/b5-4-,9-8-,26-16?. The summed E-state index contributed by atoms with van der Waals surface area (Å²) < 4.78 is 6.21. The number of fused-ring (bicyclic) bond motifs is 3. The quantitative estimate of drug-likeness (QED) is 0.331. The SMILES string of the molecule is C=C(NCc1ccc2c(oc3ccccc32)c1C/C=C\C=N)C(C)C/C=C\C. The van der Waals surface area contributed by atoms with Crippen molar-refractivity contribution in [2.24, 2.45) is 5.92 Å². The van der Waals surface area contributed by atoms with Gasteiger partial charge in [-0.05, 0) is 43.4 Å². The summed E-state index contributed by atoms with van der Waals surface area (Å²) in [7, 11) is 0. The zero-order valence-electron chi connectivity index (χ0n) is 16.7. The summed E-state index contributed by atoms with van der Waals surface area (Å²) in [4.78, 5) is 0. The Hall–Kier alpha value is -3.07. The number of rotatable bonds is 9. The van der Waals surface area contributed by atoms with Gasteiger partial charge in [-0.2, -0.15) is 0 Å². The van der Waals surface area contributed by atoms with E-state index in [9.17, 15) is 0 Å². The van der Waals surface area contributed by atoms with Crippen LogP contribution in [0, 0.1) is 11.3 Å². The van der Waals surface area contributed by atoms with Crippen molar-refractivity contribution in [2.75, 3.05) is 0 Å². The smallest absolute Gasteiger partial charge is 0.139 e. The predicted molar refractivity (Wildman–Crippen MR) is 120 cm³/mol. The first-order valence-corrected chi connectivity index (χ1v) is 9.77. The fraction of sp³-hybridized carbons (Fsp3) is 0.240. The van der Waals surface area contributed by atoms with E-state index in [-0.39, 0.29) is 0 Å². The molecule has 144 valence electrons. The summed E-state index contributed by atoms with van der Waals surface area (Å²) in [5.74, 6) is 0.382. The minimum Gasteiger partial charge on any atom is -0.456 e. The van der Waals surface area contributed by atoms with Crippen molar-refractivity contribution in [1.29, 1.82) is 5.41 Å². The molecule has 0 aliphatic carbocycles. The van der Waals surface area contributed by atoms with Gasteiger partial charge in [-0.1, -0.05) is 62.1 Å². The number of para-hydroxylation sites is 1. The second-order valence-corrected chi connectivity index (χ2v) is 7.06. The lowest BCUT2D eigenvalue weighted by Crippen LogP contribution is -2.18. The molecule has 0 radical (unpaired) electrons. The molecule has 0 aliphatic heterocycles. The van der Waals surface area contributed by atoms with E-state index >= 15 is 0 Å². The molecule has 1 unspecified atom stereocenters. The van der Waals surface area contributed by atoms with Gasteiger partial charge in [-0.25, -0.2) is 0 Å². The molecule has 3 heteroatoms. The van der Waals surface area contributed by atoms with Gasteiger partial charge in [0.1, 0.15) is 11.2 Å². The van der Waals surface area contributed by atoms with Crippen LogP contribution in [0.4, 0.5) is 0 Å². The van der Waals surface area contributed by atoms with E-state index in [2.05, 4.69) is 49.2 Å². The molecule has 1 atom stereocenters. The number of allylic oxidation sites excluding steroid dienone is 5. The highest BCUT2D eigenvalue weighted by molar-refractivity contribution is 6.06. The van der Waals surface area contributed by atoms with Gasteiger partial charge < -0.3 is 15.1 Å². The Kier molecular flexibility index (Phi) is 6.49. The van der Waals surface area contributed by atoms with Gasteiger partial charge in [0.25, 0.3) is 0 Å². The zero-order valence-corrected chi connectivity index (χ0v) is 16.7. The highest BCUT2D eigenvalue weighted by atomic mass is 16.3.